The van der Waals surface area contributed by atoms with Crippen LogP contribution in [0.1, 0.15) is 17.5 Å². The van der Waals surface area contributed by atoms with Crippen LogP contribution in [0.3, 0.4) is 0 Å². The number of hydrogen-bond donors (Lipinski definition) is 1. The summed E-state index contributed by atoms with van der Waals surface area (Å²) in [4.78, 5) is 13.5. The molecule has 1 atom stereocenters. The molecule has 86 valence electrons. The molecule has 2 nitrogen and oxygen atoms in total. The molecule has 1 aliphatic rings. The maximum absolute atomic E-state index is 11.5. The lowest BCUT2D eigenvalue weighted by molar-refractivity contribution is -0.127. The van der Waals surface area contributed by atoms with Crippen LogP contribution in [-0.2, 0) is 11.2 Å². The fourth-order valence-electron chi connectivity index (χ4n) is 2.10. The van der Waals surface area contributed by atoms with E-state index in [9.17, 15) is 4.79 Å². The van der Waals surface area contributed by atoms with Gasteiger partial charge in [0.1, 0.15) is 0 Å². The lowest BCUT2D eigenvalue weighted by Gasteiger charge is -2.15. The molecule has 16 heavy (non-hydrogen) atoms. The Morgan fingerprint density at radius 3 is 2.94 bits per heavy atom. The SMILES string of the molecule is Cc1cccc(CCN2CC(S)CC2=O)c1. The van der Waals surface area contributed by atoms with E-state index >= 15 is 0 Å². The maximum atomic E-state index is 11.5. The molecule has 1 aromatic carbocycles. The lowest BCUT2D eigenvalue weighted by atomic mass is 10.1. The smallest absolute Gasteiger partial charge is 0.223 e. The normalized spacial score (nSPS) is 20.5. The number of nitrogens with zero attached hydrogens (tertiary/aromatic N) is 1. The van der Waals surface area contributed by atoms with Crippen molar-refractivity contribution < 1.29 is 4.79 Å². The Kier molecular flexibility index (Phi) is 3.54. The van der Waals surface area contributed by atoms with Gasteiger partial charge in [-0.1, -0.05) is 29.8 Å². The molecular weight excluding hydrogens is 218 g/mol. The van der Waals surface area contributed by atoms with Gasteiger partial charge < -0.3 is 4.90 Å². The summed E-state index contributed by atoms with van der Waals surface area (Å²) in [7, 11) is 0. The molecule has 1 amide bonds. The average Bonchev–Trinajstić information content (AvgIpc) is 2.54. The fourth-order valence-corrected chi connectivity index (χ4v) is 2.45. The first-order chi connectivity index (χ1) is 7.65. The van der Waals surface area contributed by atoms with E-state index in [0.717, 1.165) is 19.5 Å². The molecule has 1 heterocycles. The molecule has 1 unspecified atom stereocenters. The lowest BCUT2D eigenvalue weighted by Crippen LogP contribution is -2.27. The summed E-state index contributed by atoms with van der Waals surface area (Å²) in [6.07, 6.45) is 1.53. The van der Waals surface area contributed by atoms with Crippen molar-refractivity contribution in [2.75, 3.05) is 13.1 Å². The van der Waals surface area contributed by atoms with Gasteiger partial charge in [0.2, 0.25) is 5.91 Å². The standard InChI is InChI=1S/C13H17NOS/c1-10-3-2-4-11(7-10)5-6-14-9-12(16)8-13(14)15/h2-4,7,12,16H,5-6,8-9H2,1H3. The zero-order valence-electron chi connectivity index (χ0n) is 9.52. The zero-order chi connectivity index (χ0) is 11.5. The van der Waals surface area contributed by atoms with Gasteiger partial charge in [-0.15, -0.1) is 0 Å². The molecule has 0 spiro atoms. The average molecular weight is 235 g/mol. The Morgan fingerprint density at radius 2 is 2.31 bits per heavy atom. The Labute approximate surface area is 102 Å². The predicted molar refractivity (Wildman–Crippen MR) is 68.9 cm³/mol. The van der Waals surface area contributed by atoms with Crippen LogP contribution in [0.2, 0.25) is 0 Å². The molecule has 0 radical (unpaired) electrons. The molecule has 1 saturated heterocycles. The summed E-state index contributed by atoms with van der Waals surface area (Å²) >= 11 is 4.35. The topological polar surface area (TPSA) is 20.3 Å². The largest absolute Gasteiger partial charge is 0.341 e. The highest BCUT2D eigenvalue weighted by atomic mass is 32.1. The van der Waals surface area contributed by atoms with E-state index in [1.807, 2.05) is 4.90 Å². The van der Waals surface area contributed by atoms with Gasteiger partial charge >= 0.3 is 0 Å². The zero-order valence-corrected chi connectivity index (χ0v) is 10.4. The first-order valence-electron chi connectivity index (χ1n) is 5.66. The highest BCUT2D eigenvalue weighted by Crippen LogP contribution is 2.16. The van der Waals surface area contributed by atoms with Crippen LogP contribution in [0.25, 0.3) is 0 Å². The number of rotatable bonds is 3. The van der Waals surface area contributed by atoms with Crippen molar-refractivity contribution in [3.63, 3.8) is 0 Å². The molecule has 0 aliphatic carbocycles. The summed E-state index contributed by atoms with van der Waals surface area (Å²) in [5.74, 6) is 0.243. The maximum Gasteiger partial charge on any atom is 0.223 e. The fraction of sp³-hybridized carbons (Fsp3) is 0.462. The number of carbonyl (C=O) groups is 1. The monoisotopic (exact) mass is 235 g/mol. The Hall–Kier alpha value is -0.960. The van der Waals surface area contributed by atoms with E-state index < -0.39 is 0 Å². The van der Waals surface area contributed by atoms with Gasteiger partial charge in [-0.2, -0.15) is 12.6 Å². The molecular formula is C13H17NOS. The van der Waals surface area contributed by atoms with Crippen molar-refractivity contribution in [3.8, 4) is 0 Å². The van der Waals surface area contributed by atoms with Crippen molar-refractivity contribution in [2.24, 2.45) is 0 Å². The van der Waals surface area contributed by atoms with Crippen LogP contribution in [0.15, 0.2) is 24.3 Å². The minimum atomic E-state index is 0.227. The number of aryl methyl sites for hydroxylation is 1. The van der Waals surface area contributed by atoms with Gasteiger partial charge in [0.05, 0.1) is 0 Å². The molecule has 3 heteroatoms. The number of likely N-dealkylation sites (tertiary alicyclic amines) is 1. The van der Waals surface area contributed by atoms with Gasteiger partial charge in [0.15, 0.2) is 0 Å². The third-order valence-corrected chi connectivity index (χ3v) is 3.29. The van der Waals surface area contributed by atoms with Gasteiger partial charge in [-0.25, -0.2) is 0 Å². The van der Waals surface area contributed by atoms with E-state index in [-0.39, 0.29) is 11.2 Å². The van der Waals surface area contributed by atoms with Gasteiger partial charge in [-0.05, 0) is 18.9 Å². The van der Waals surface area contributed by atoms with Crippen LogP contribution in [0.5, 0.6) is 0 Å². The quantitative estimate of drug-likeness (QED) is 0.795. The third-order valence-electron chi connectivity index (χ3n) is 2.95. The van der Waals surface area contributed by atoms with E-state index in [2.05, 4.69) is 43.8 Å². The van der Waals surface area contributed by atoms with E-state index in [0.29, 0.717) is 6.42 Å². The van der Waals surface area contributed by atoms with E-state index in [1.54, 1.807) is 0 Å². The predicted octanol–water partition coefficient (Wildman–Crippen LogP) is 2.07. The summed E-state index contributed by atoms with van der Waals surface area (Å²) < 4.78 is 0. The summed E-state index contributed by atoms with van der Waals surface area (Å²) in [5.41, 5.74) is 2.58. The van der Waals surface area contributed by atoms with Gasteiger partial charge in [0, 0.05) is 24.8 Å². The van der Waals surface area contributed by atoms with E-state index in [4.69, 9.17) is 0 Å². The van der Waals surface area contributed by atoms with Crippen LogP contribution < -0.4 is 0 Å². The highest BCUT2D eigenvalue weighted by Gasteiger charge is 2.26. The molecule has 2 rings (SSSR count). The van der Waals surface area contributed by atoms with Crippen LogP contribution >= 0.6 is 12.6 Å². The van der Waals surface area contributed by atoms with Crippen molar-refractivity contribution in [1.82, 2.24) is 4.90 Å². The summed E-state index contributed by atoms with van der Waals surface area (Å²) in [6, 6.07) is 8.45. The summed E-state index contributed by atoms with van der Waals surface area (Å²) in [6.45, 7) is 3.71. The second-order valence-corrected chi connectivity index (χ2v) is 5.17. The number of thiol groups is 1. The van der Waals surface area contributed by atoms with Gasteiger partial charge in [-0.3, -0.25) is 4.79 Å². The molecule has 0 aromatic heterocycles. The molecule has 0 saturated carbocycles. The highest BCUT2D eigenvalue weighted by molar-refractivity contribution is 7.81. The molecule has 0 N–H and O–H groups in total. The summed E-state index contributed by atoms with van der Waals surface area (Å²) in [5, 5.41) is 0.227. The number of carbonyl (C=O) groups excluding carboxylic acids is 1. The second-order valence-electron chi connectivity index (χ2n) is 4.44. The number of amides is 1. The van der Waals surface area contributed by atoms with Crippen LogP contribution in [-0.4, -0.2) is 29.1 Å². The molecule has 0 bridgehead atoms. The number of benzene rings is 1. The Morgan fingerprint density at radius 1 is 1.50 bits per heavy atom. The van der Waals surface area contributed by atoms with Crippen LogP contribution in [0.4, 0.5) is 0 Å². The minimum absolute atomic E-state index is 0.227. The van der Waals surface area contributed by atoms with Crippen molar-refractivity contribution in [2.45, 2.75) is 25.0 Å². The first kappa shape index (κ1) is 11.5. The van der Waals surface area contributed by atoms with Crippen molar-refractivity contribution >= 4 is 18.5 Å². The van der Waals surface area contributed by atoms with E-state index in [1.165, 1.54) is 11.1 Å². The third kappa shape index (κ3) is 2.79. The van der Waals surface area contributed by atoms with Crippen LogP contribution in [0, 0.1) is 6.92 Å². The Balaban J connectivity index is 1.90. The molecule has 1 aliphatic heterocycles. The molecule has 1 aromatic rings. The minimum Gasteiger partial charge on any atom is -0.341 e. The Bertz CT molecular complexity index is 391. The molecule has 1 fully saturated rings. The van der Waals surface area contributed by atoms with Crippen molar-refractivity contribution in [3.05, 3.63) is 35.4 Å². The second kappa shape index (κ2) is 4.91. The number of hydrogen-bond acceptors (Lipinski definition) is 2. The first-order valence-corrected chi connectivity index (χ1v) is 6.18. The van der Waals surface area contributed by atoms with Crippen molar-refractivity contribution in [1.29, 1.82) is 0 Å². The van der Waals surface area contributed by atoms with Gasteiger partial charge in [0.25, 0.3) is 0 Å².